The number of hydrogen-bond acceptors (Lipinski definition) is 3. The molecule has 0 unspecified atom stereocenters. The lowest BCUT2D eigenvalue weighted by Gasteiger charge is -2.32. The van der Waals surface area contributed by atoms with Crippen molar-refractivity contribution in [2.24, 2.45) is 5.92 Å². The Hall–Kier alpha value is -2.14. The van der Waals surface area contributed by atoms with E-state index in [1.807, 2.05) is 19.1 Å². The van der Waals surface area contributed by atoms with Crippen molar-refractivity contribution in [2.75, 3.05) is 19.6 Å². The number of likely N-dealkylation sites (tertiary alicyclic amines) is 1. The van der Waals surface area contributed by atoms with Gasteiger partial charge >= 0.3 is 0 Å². The number of fused-ring (bicyclic) bond motifs is 1. The standard InChI is InChI=1S/C19H25N3O2/c1-13-5-6-16-9-17(19(24)21-18(16)8-13)12-22-7-3-4-15(11-22)10-20-14(2)23/h5-6,8-9,15H,3-4,7,10-12H2,1-2H3,(H,20,23)(H,21,24)/t15-/m1/s1. The minimum absolute atomic E-state index is 0.00270. The second-order valence-electron chi connectivity index (χ2n) is 6.89. The molecular formula is C19H25N3O2. The normalized spacial score (nSPS) is 18.7. The second-order valence-corrected chi connectivity index (χ2v) is 6.89. The number of H-pyrrole nitrogens is 1. The van der Waals surface area contributed by atoms with Crippen LogP contribution in [0.5, 0.6) is 0 Å². The van der Waals surface area contributed by atoms with Crippen LogP contribution < -0.4 is 10.9 Å². The summed E-state index contributed by atoms with van der Waals surface area (Å²) in [7, 11) is 0. The van der Waals surface area contributed by atoms with Gasteiger partial charge in [-0.05, 0) is 55.3 Å². The van der Waals surface area contributed by atoms with E-state index in [1.165, 1.54) is 0 Å². The Kier molecular flexibility index (Phi) is 5.00. The summed E-state index contributed by atoms with van der Waals surface area (Å²) in [6, 6.07) is 8.13. The van der Waals surface area contributed by atoms with Crippen LogP contribution in [0.4, 0.5) is 0 Å². The summed E-state index contributed by atoms with van der Waals surface area (Å²) in [4.78, 5) is 28.8. The number of rotatable bonds is 4. The Labute approximate surface area is 142 Å². The van der Waals surface area contributed by atoms with Crippen molar-refractivity contribution in [1.82, 2.24) is 15.2 Å². The number of piperidine rings is 1. The van der Waals surface area contributed by atoms with Gasteiger partial charge in [0, 0.05) is 37.6 Å². The molecule has 1 amide bonds. The highest BCUT2D eigenvalue weighted by Gasteiger charge is 2.21. The molecule has 5 heteroatoms. The van der Waals surface area contributed by atoms with E-state index in [0.29, 0.717) is 12.5 Å². The SMILES string of the molecule is CC(=O)NC[C@H]1CCCN(Cc2cc3ccc(C)cc3[nH]c2=O)C1. The molecule has 2 N–H and O–H groups in total. The van der Waals surface area contributed by atoms with E-state index in [4.69, 9.17) is 0 Å². The molecule has 3 rings (SSSR count). The van der Waals surface area contributed by atoms with Crippen LogP contribution in [-0.2, 0) is 11.3 Å². The highest BCUT2D eigenvalue weighted by atomic mass is 16.1. The van der Waals surface area contributed by atoms with Crippen LogP contribution in [0.25, 0.3) is 10.9 Å². The molecule has 24 heavy (non-hydrogen) atoms. The average molecular weight is 327 g/mol. The lowest BCUT2D eigenvalue weighted by atomic mass is 9.97. The minimum Gasteiger partial charge on any atom is -0.356 e. The lowest BCUT2D eigenvalue weighted by Crippen LogP contribution is -2.40. The van der Waals surface area contributed by atoms with Gasteiger partial charge in [-0.2, -0.15) is 0 Å². The molecule has 0 bridgehead atoms. The fraction of sp³-hybridized carbons (Fsp3) is 0.474. The number of aromatic amines is 1. The number of amides is 1. The van der Waals surface area contributed by atoms with Gasteiger partial charge in [-0.15, -0.1) is 0 Å². The zero-order valence-electron chi connectivity index (χ0n) is 14.4. The summed E-state index contributed by atoms with van der Waals surface area (Å²) in [5.74, 6) is 0.484. The Morgan fingerprint density at radius 2 is 2.21 bits per heavy atom. The highest BCUT2D eigenvalue weighted by Crippen LogP contribution is 2.19. The fourth-order valence-corrected chi connectivity index (χ4v) is 3.47. The minimum atomic E-state index is -0.00270. The number of carbonyl (C=O) groups is 1. The molecule has 128 valence electrons. The van der Waals surface area contributed by atoms with Crippen molar-refractivity contribution < 1.29 is 4.79 Å². The maximum absolute atomic E-state index is 12.4. The quantitative estimate of drug-likeness (QED) is 0.905. The van der Waals surface area contributed by atoms with Crippen molar-refractivity contribution in [1.29, 1.82) is 0 Å². The number of carbonyl (C=O) groups excluding carboxylic acids is 1. The van der Waals surface area contributed by atoms with Gasteiger partial charge in [-0.1, -0.05) is 12.1 Å². The van der Waals surface area contributed by atoms with Crippen LogP contribution in [0, 0.1) is 12.8 Å². The van der Waals surface area contributed by atoms with Crippen molar-refractivity contribution >= 4 is 16.8 Å². The highest BCUT2D eigenvalue weighted by molar-refractivity contribution is 5.79. The lowest BCUT2D eigenvalue weighted by molar-refractivity contribution is -0.119. The van der Waals surface area contributed by atoms with Crippen molar-refractivity contribution in [3.8, 4) is 0 Å². The van der Waals surface area contributed by atoms with Crippen molar-refractivity contribution in [3.63, 3.8) is 0 Å². The van der Waals surface area contributed by atoms with Crippen LogP contribution in [0.1, 0.15) is 30.9 Å². The smallest absolute Gasteiger partial charge is 0.252 e. The van der Waals surface area contributed by atoms with Crippen LogP contribution >= 0.6 is 0 Å². The maximum atomic E-state index is 12.4. The predicted octanol–water partition coefficient (Wildman–Crippen LogP) is 2.18. The Morgan fingerprint density at radius 1 is 1.38 bits per heavy atom. The number of hydrogen-bond donors (Lipinski definition) is 2. The molecule has 5 nitrogen and oxygen atoms in total. The molecule has 1 atom stereocenters. The van der Waals surface area contributed by atoms with Crippen molar-refractivity contribution in [2.45, 2.75) is 33.2 Å². The number of nitrogens with zero attached hydrogens (tertiary/aromatic N) is 1. The molecular weight excluding hydrogens is 302 g/mol. The molecule has 0 radical (unpaired) electrons. The van der Waals surface area contributed by atoms with Gasteiger partial charge in [0.25, 0.3) is 5.56 Å². The van der Waals surface area contributed by atoms with Gasteiger partial charge in [0.05, 0.1) is 0 Å². The van der Waals surface area contributed by atoms with E-state index in [2.05, 4.69) is 27.3 Å². The van der Waals surface area contributed by atoms with Crippen LogP contribution in [0.3, 0.4) is 0 Å². The number of nitrogens with one attached hydrogen (secondary N) is 2. The van der Waals surface area contributed by atoms with Crippen LogP contribution in [0.2, 0.25) is 0 Å². The van der Waals surface area contributed by atoms with E-state index in [0.717, 1.165) is 54.5 Å². The largest absolute Gasteiger partial charge is 0.356 e. The maximum Gasteiger partial charge on any atom is 0.252 e. The molecule has 1 aromatic carbocycles. The van der Waals surface area contributed by atoms with E-state index in [1.54, 1.807) is 6.92 Å². The molecule has 1 saturated heterocycles. The predicted molar refractivity (Wildman–Crippen MR) is 96.0 cm³/mol. The van der Waals surface area contributed by atoms with Gasteiger partial charge < -0.3 is 10.3 Å². The molecule has 1 fully saturated rings. The van der Waals surface area contributed by atoms with Gasteiger partial charge in [0.15, 0.2) is 0 Å². The topological polar surface area (TPSA) is 65.2 Å². The number of aromatic nitrogens is 1. The average Bonchev–Trinajstić information content (AvgIpc) is 2.54. The molecule has 0 saturated carbocycles. The van der Waals surface area contributed by atoms with Gasteiger partial charge in [0.1, 0.15) is 0 Å². The van der Waals surface area contributed by atoms with E-state index < -0.39 is 0 Å². The van der Waals surface area contributed by atoms with Crippen molar-refractivity contribution in [3.05, 3.63) is 45.7 Å². The zero-order valence-corrected chi connectivity index (χ0v) is 14.4. The zero-order chi connectivity index (χ0) is 17.1. The Morgan fingerprint density at radius 3 is 3.00 bits per heavy atom. The van der Waals surface area contributed by atoms with Gasteiger partial charge in [-0.3, -0.25) is 14.5 Å². The van der Waals surface area contributed by atoms with E-state index in [9.17, 15) is 9.59 Å². The third kappa shape index (κ3) is 4.03. The molecule has 0 aliphatic carbocycles. The number of pyridine rings is 1. The van der Waals surface area contributed by atoms with E-state index >= 15 is 0 Å². The first-order chi connectivity index (χ1) is 11.5. The Balaban J connectivity index is 1.72. The number of aryl methyl sites for hydroxylation is 1. The first-order valence-corrected chi connectivity index (χ1v) is 8.60. The Bertz CT molecular complexity index is 797. The molecule has 1 aromatic heterocycles. The first kappa shape index (κ1) is 16.7. The molecule has 1 aliphatic heterocycles. The third-order valence-electron chi connectivity index (χ3n) is 4.72. The van der Waals surface area contributed by atoms with Gasteiger partial charge in [-0.25, -0.2) is 0 Å². The first-order valence-electron chi connectivity index (χ1n) is 8.60. The summed E-state index contributed by atoms with van der Waals surface area (Å²) in [6.07, 6.45) is 2.24. The summed E-state index contributed by atoms with van der Waals surface area (Å²) in [5, 5.41) is 3.98. The summed E-state index contributed by atoms with van der Waals surface area (Å²) >= 11 is 0. The van der Waals surface area contributed by atoms with E-state index in [-0.39, 0.29) is 11.5 Å². The van der Waals surface area contributed by atoms with Crippen LogP contribution in [-0.4, -0.2) is 35.4 Å². The van der Waals surface area contributed by atoms with Crippen LogP contribution in [0.15, 0.2) is 29.1 Å². The molecule has 2 heterocycles. The summed E-state index contributed by atoms with van der Waals surface area (Å²) < 4.78 is 0. The van der Waals surface area contributed by atoms with Gasteiger partial charge in [0.2, 0.25) is 5.91 Å². The fourth-order valence-electron chi connectivity index (χ4n) is 3.47. The molecule has 1 aliphatic rings. The molecule has 0 spiro atoms. The summed E-state index contributed by atoms with van der Waals surface area (Å²) in [6.45, 7) is 6.88. The monoisotopic (exact) mass is 327 g/mol. The summed E-state index contributed by atoms with van der Waals surface area (Å²) in [5.41, 5.74) is 2.84. The molecule has 2 aromatic rings. The second kappa shape index (κ2) is 7.18. The third-order valence-corrected chi connectivity index (χ3v) is 4.72. The number of benzene rings is 1.